The van der Waals surface area contributed by atoms with Crippen LogP contribution in [0.5, 0.6) is 0 Å². The number of rotatable bonds is 2. The Labute approximate surface area is 79.5 Å². The zero-order valence-corrected chi connectivity index (χ0v) is 8.57. The largest absolute Gasteiger partial charge is 0.0872 e. The van der Waals surface area contributed by atoms with E-state index < -0.39 is 0 Å². The van der Waals surface area contributed by atoms with Crippen LogP contribution in [0.25, 0.3) is 10.4 Å². The summed E-state index contributed by atoms with van der Waals surface area (Å²) in [5.41, 5.74) is 8.15. The topological polar surface area (TPSA) is 48.8 Å². The molecular weight excluding hydrogens is 162 g/mol. The quantitative estimate of drug-likeness (QED) is 0.269. The van der Waals surface area contributed by atoms with E-state index in [0.717, 1.165) is 6.42 Å². The molecule has 0 aromatic carbocycles. The molecule has 72 valence electrons. The van der Waals surface area contributed by atoms with Crippen LogP contribution >= 0.6 is 0 Å². The smallest absolute Gasteiger partial charge is 0.0494 e. The van der Waals surface area contributed by atoms with Gasteiger partial charge in [-0.3, -0.25) is 0 Å². The van der Waals surface area contributed by atoms with E-state index in [1.54, 1.807) is 0 Å². The molecule has 0 N–H and O–H groups in total. The average molecular weight is 179 g/mol. The van der Waals surface area contributed by atoms with Crippen molar-refractivity contribution in [1.29, 1.82) is 0 Å². The van der Waals surface area contributed by atoms with Gasteiger partial charge in [0.25, 0.3) is 0 Å². The summed E-state index contributed by atoms with van der Waals surface area (Å²) in [6, 6.07) is 0. The summed E-state index contributed by atoms with van der Waals surface area (Å²) in [6.45, 7) is 6.21. The molecule has 3 nitrogen and oxygen atoms in total. The monoisotopic (exact) mass is 179 g/mol. The van der Waals surface area contributed by atoms with Crippen molar-refractivity contribution in [1.82, 2.24) is 0 Å². The first-order valence-electron chi connectivity index (χ1n) is 4.81. The van der Waals surface area contributed by atoms with Gasteiger partial charge < -0.3 is 0 Å². The van der Waals surface area contributed by atoms with Crippen LogP contribution in [0.4, 0.5) is 0 Å². The molecule has 0 bridgehead atoms. The first kappa shape index (κ1) is 10.1. The zero-order chi connectivity index (χ0) is 9.90. The molecule has 1 aliphatic rings. The van der Waals surface area contributed by atoms with E-state index in [1.165, 1.54) is 6.42 Å². The summed E-state index contributed by atoms with van der Waals surface area (Å²) in [5.74, 6) is 1.08. The van der Waals surface area contributed by atoms with Crippen molar-refractivity contribution in [3.05, 3.63) is 22.6 Å². The van der Waals surface area contributed by atoms with Gasteiger partial charge in [0.05, 0.1) is 0 Å². The lowest BCUT2D eigenvalue weighted by Crippen LogP contribution is -2.29. The molecule has 0 spiro atoms. The van der Waals surface area contributed by atoms with Crippen molar-refractivity contribution >= 4 is 0 Å². The van der Waals surface area contributed by atoms with Gasteiger partial charge in [0.1, 0.15) is 0 Å². The van der Waals surface area contributed by atoms with E-state index in [2.05, 4.69) is 29.1 Å². The molecule has 2 unspecified atom stereocenters. The Bertz CT molecular complexity index is 249. The number of nitrogens with zero attached hydrogens (tertiary/aromatic N) is 3. The Balaban J connectivity index is 2.73. The van der Waals surface area contributed by atoms with Crippen molar-refractivity contribution in [2.75, 3.05) is 0 Å². The molecule has 0 aromatic heterocycles. The van der Waals surface area contributed by atoms with E-state index in [4.69, 9.17) is 5.53 Å². The minimum Gasteiger partial charge on any atom is -0.0872 e. The van der Waals surface area contributed by atoms with Crippen molar-refractivity contribution in [3.63, 3.8) is 0 Å². The van der Waals surface area contributed by atoms with Crippen molar-refractivity contribution in [2.24, 2.45) is 17.0 Å². The third-order valence-electron chi connectivity index (χ3n) is 2.81. The number of azide groups is 1. The Morgan fingerprint density at radius 1 is 1.38 bits per heavy atom. The van der Waals surface area contributed by atoms with Crippen LogP contribution in [0.15, 0.2) is 17.3 Å². The van der Waals surface area contributed by atoms with Crippen LogP contribution in [0.3, 0.4) is 0 Å². The van der Waals surface area contributed by atoms with Crippen LogP contribution in [-0.2, 0) is 0 Å². The van der Waals surface area contributed by atoms with Crippen LogP contribution in [-0.4, -0.2) is 5.54 Å². The van der Waals surface area contributed by atoms with E-state index in [1.807, 2.05) is 13.8 Å². The fraction of sp³-hybridized carbons (Fsp3) is 0.800. The van der Waals surface area contributed by atoms with E-state index in [9.17, 15) is 0 Å². The lowest BCUT2D eigenvalue weighted by Gasteiger charge is -2.31. The highest BCUT2D eigenvalue weighted by Gasteiger charge is 2.28. The predicted molar refractivity (Wildman–Crippen MR) is 54.3 cm³/mol. The molecule has 0 fully saturated rings. The highest BCUT2D eigenvalue weighted by atomic mass is 15.2. The molecule has 3 heteroatoms. The van der Waals surface area contributed by atoms with Crippen molar-refractivity contribution < 1.29 is 0 Å². The maximum absolute atomic E-state index is 8.42. The molecule has 0 saturated carbocycles. The third kappa shape index (κ3) is 2.49. The fourth-order valence-corrected chi connectivity index (χ4v) is 1.74. The minimum atomic E-state index is -0.272. The van der Waals surface area contributed by atoms with Crippen LogP contribution in [0.2, 0.25) is 0 Å². The molecule has 0 amide bonds. The molecular formula is C10H17N3. The molecule has 0 saturated heterocycles. The Morgan fingerprint density at radius 2 is 2.08 bits per heavy atom. The summed E-state index contributed by atoms with van der Waals surface area (Å²) in [5, 5.41) is 3.83. The van der Waals surface area contributed by atoms with Gasteiger partial charge in [0.15, 0.2) is 0 Å². The Morgan fingerprint density at radius 3 is 2.54 bits per heavy atom. The molecule has 13 heavy (non-hydrogen) atoms. The second kappa shape index (κ2) is 3.84. The van der Waals surface area contributed by atoms with Crippen LogP contribution in [0, 0.1) is 11.8 Å². The molecule has 0 aliphatic heterocycles. The molecule has 1 aliphatic carbocycles. The van der Waals surface area contributed by atoms with Gasteiger partial charge in [-0.25, -0.2) is 0 Å². The maximum Gasteiger partial charge on any atom is 0.0494 e. The third-order valence-corrected chi connectivity index (χ3v) is 2.81. The van der Waals surface area contributed by atoms with Crippen molar-refractivity contribution in [2.45, 2.75) is 39.2 Å². The van der Waals surface area contributed by atoms with E-state index in [-0.39, 0.29) is 5.54 Å². The molecule has 2 atom stereocenters. The Kier molecular flexibility index (Phi) is 2.99. The highest BCUT2D eigenvalue weighted by Crippen LogP contribution is 2.32. The van der Waals surface area contributed by atoms with E-state index >= 15 is 0 Å². The normalized spacial score (nSPS) is 28.2. The summed E-state index contributed by atoms with van der Waals surface area (Å²) in [7, 11) is 0. The standard InChI is InChI=1S/C10H17N3/c1-8-4-6-9(7-5-8)10(2,3)12-13-11/h4,6,8-9H,5,7H2,1-3H3. The molecule has 0 aromatic rings. The molecule has 1 rings (SSSR count). The van der Waals surface area contributed by atoms with Gasteiger partial charge in [0.2, 0.25) is 0 Å². The van der Waals surface area contributed by atoms with Gasteiger partial charge in [-0.2, -0.15) is 0 Å². The number of hydrogen-bond acceptors (Lipinski definition) is 1. The zero-order valence-electron chi connectivity index (χ0n) is 8.57. The summed E-state index contributed by atoms with van der Waals surface area (Å²) in [6.07, 6.45) is 6.75. The molecule has 0 heterocycles. The van der Waals surface area contributed by atoms with Crippen LogP contribution < -0.4 is 0 Å². The van der Waals surface area contributed by atoms with Gasteiger partial charge in [-0.05, 0) is 30.2 Å². The predicted octanol–water partition coefficient (Wildman–Crippen LogP) is 3.68. The first-order valence-corrected chi connectivity index (χ1v) is 4.81. The highest BCUT2D eigenvalue weighted by molar-refractivity contribution is 5.04. The van der Waals surface area contributed by atoms with Gasteiger partial charge in [-0.1, -0.05) is 38.0 Å². The average Bonchev–Trinajstić information content (AvgIpc) is 2.05. The minimum absolute atomic E-state index is 0.272. The Hall–Kier alpha value is -0.950. The van der Waals surface area contributed by atoms with Crippen molar-refractivity contribution in [3.8, 4) is 0 Å². The number of allylic oxidation sites excluding steroid dienone is 1. The second-order valence-electron chi connectivity index (χ2n) is 4.39. The second-order valence-corrected chi connectivity index (χ2v) is 4.39. The van der Waals surface area contributed by atoms with Crippen LogP contribution in [0.1, 0.15) is 33.6 Å². The SMILES string of the molecule is CC1C=CC(C(C)(C)N=[N+]=[N-])CC1. The lowest BCUT2D eigenvalue weighted by atomic mass is 9.79. The van der Waals surface area contributed by atoms with E-state index in [0.29, 0.717) is 11.8 Å². The fourth-order valence-electron chi connectivity index (χ4n) is 1.74. The van der Waals surface area contributed by atoms with Gasteiger partial charge in [0, 0.05) is 10.5 Å². The summed E-state index contributed by atoms with van der Waals surface area (Å²) >= 11 is 0. The molecule has 0 radical (unpaired) electrons. The van der Waals surface area contributed by atoms with Gasteiger partial charge >= 0.3 is 0 Å². The maximum atomic E-state index is 8.42. The summed E-state index contributed by atoms with van der Waals surface area (Å²) < 4.78 is 0. The summed E-state index contributed by atoms with van der Waals surface area (Å²) in [4.78, 5) is 2.89. The van der Waals surface area contributed by atoms with Gasteiger partial charge in [-0.15, -0.1) is 0 Å². The number of hydrogen-bond donors (Lipinski definition) is 0. The lowest BCUT2D eigenvalue weighted by molar-refractivity contribution is 0.328. The first-order chi connectivity index (χ1) is 6.06.